The van der Waals surface area contributed by atoms with E-state index in [0.29, 0.717) is 6.61 Å². The van der Waals surface area contributed by atoms with E-state index in [1.54, 1.807) is 0 Å². The van der Waals surface area contributed by atoms with Crippen LogP contribution in [0.2, 0.25) is 0 Å². The van der Waals surface area contributed by atoms with Crippen molar-refractivity contribution in [3.05, 3.63) is 70.3 Å². The van der Waals surface area contributed by atoms with Crippen LogP contribution in [0.25, 0.3) is 0 Å². The van der Waals surface area contributed by atoms with Crippen molar-refractivity contribution in [2.75, 3.05) is 26.2 Å². The average molecular weight is 470 g/mol. The number of aryl methyl sites for hydroxylation is 2. The summed E-state index contributed by atoms with van der Waals surface area (Å²) in [4.78, 5) is 2.46. The summed E-state index contributed by atoms with van der Waals surface area (Å²) in [6.45, 7) is 12.0. The van der Waals surface area contributed by atoms with Gasteiger partial charge in [-0.2, -0.15) is 0 Å². The van der Waals surface area contributed by atoms with Crippen LogP contribution < -0.4 is 0 Å². The first-order valence-corrected chi connectivity index (χ1v) is 10.3. The molecule has 0 fully saturated rings. The van der Waals surface area contributed by atoms with Crippen molar-refractivity contribution in [3.8, 4) is 0 Å². The van der Waals surface area contributed by atoms with Crippen molar-refractivity contribution < 1.29 is 13.5 Å². The molecule has 0 aliphatic heterocycles. The first kappa shape index (κ1) is 25.7. The van der Waals surface area contributed by atoms with Gasteiger partial charge in [-0.25, -0.2) is 8.78 Å². The van der Waals surface area contributed by atoms with Crippen molar-refractivity contribution in [1.82, 2.24) is 4.90 Å². The zero-order valence-electron chi connectivity index (χ0n) is 18.0. The highest BCUT2D eigenvalue weighted by atomic mass is 79.9. The third kappa shape index (κ3) is 7.47. The lowest BCUT2D eigenvalue weighted by molar-refractivity contribution is 0.0895. The van der Waals surface area contributed by atoms with Crippen LogP contribution in [0.5, 0.6) is 0 Å². The molecule has 0 saturated heterocycles. The van der Waals surface area contributed by atoms with Crippen LogP contribution in [0, 0.1) is 25.5 Å². The van der Waals surface area contributed by atoms with Crippen molar-refractivity contribution >= 4 is 17.0 Å². The van der Waals surface area contributed by atoms with Crippen LogP contribution in [0.4, 0.5) is 8.78 Å². The van der Waals surface area contributed by atoms with Gasteiger partial charge in [0.1, 0.15) is 11.6 Å². The van der Waals surface area contributed by atoms with E-state index in [4.69, 9.17) is 4.74 Å². The maximum atomic E-state index is 13.9. The molecule has 1 atom stereocenters. The highest BCUT2D eigenvalue weighted by molar-refractivity contribution is 8.93. The molecule has 0 aliphatic carbocycles. The predicted octanol–water partition coefficient (Wildman–Crippen LogP) is 6.58. The molecule has 0 heterocycles. The zero-order chi connectivity index (χ0) is 20.5. The molecule has 2 rings (SSSR count). The van der Waals surface area contributed by atoms with E-state index < -0.39 is 11.6 Å². The van der Waals surface area contributed by atoms with Gasteiger partial charge in [-0.15, -0.1) is 17.0 Å². The Morgan fingerprint density at radius 2 is 1.41 bits per heavy atom. The van der Waals surface area contributed by atoms with Crippen LogP contribution in [0.15, 0.2) is 36.4 Å². The molecule has 0 radical (unpaired) electrons. The van der Waals surface area contributed by atoms with Gasteiger partial charge >= 0.3 is 0 Å². The summed E-state index contributed by atoms with van der Waals surface area (Å²) in [5, 5.41) is 0. The summed E-state index contributed by atoms with van der Waals surface area (Å²) in [7, 11) is 0. The molecular formula is C24H34BrF2NO. The second kappa shape index (κ2) is 13.1. The first-order chi connectivity index (χ1) is 13.5. The van der Waals surface area contributed by atoms with E-state index in [1.807, 2.05) is 0 Å². The topological polar surface area (TPSA) is 12.5 Å². The standard InChI is InChI=1S/C24H33F2NO.BrH/c1-5-13-27(14-6-2)15-20(24-18(3)9-7-10-19(24)4)16-28-17-21-22(25)11-8-12-23(21)26;/h7-12,20H,5-6,13-17H2,1-4H3;1H. The Hall–Kier alpha value is -1.30. The summed E-state index contributed by atoms with van der Waals surface area (Å²) in [6, 6.07) is 10.2. The number of benzene rings is 2. The summed E-state index contributed by atoms with van der Waals surface area (Å²) in [6.07, 6.45) is 2.20. The number of ether oxygens (including phenoxy) is 1. The molecule has 0 aromatic heterocycles. The second-order valence-corrected chi connectivity index (χ2v) is 7.52. The number of halogens is 3. The minimum absolute atomic E-state index is 0. The van der Waals surface area contributed by atoms with E-state index >= 15 is 0 Å². The lowest BCUT2D eigenvalue weighted by Gasteiger charge is -2.29. The first-order valence-electron chi connectivity index (χ1n) is 10.3. The molecular weight excluding hydrogens is 436 g/mol. The third-order valence-corrected chi connectivity index (χ3v) is 5.14. The van der Waals surface area contributed by atoms with E-state index in [0.717, 1.165) is 32.5 Å². The van der Waals surface area contributed by atoms with Crippen LogP contribution in [-0.2, 0) is 11.3 Å². The lowest BCUT2D eigenvalue weighted by atomic mass is 9.90. The summed E-state index contributed by atoms with van der Waals surface area (Å²) >= 11 is 0. The van der Waals surface area contributed by atoms with E-state index in [1.165, 1.54) is 34.9 Å². The molecule has 0 saturated carbocycles. The molecule has 0 amide bonds. The highest BCUT2D eigenvalue weighted by Gasteiger charge is 2.20. The Morgan fingerprint density at radius 3 is 1.93 bits per heavy atom. The number of rotatable bonds is 11. The largest absolute Gasteiger partial charge is 0.376 e. The monoisotopic (exact) mass is 469 g/mol. The second-order valence-electron chi connectivity index (χ2n) is 7.52. The Labute approximate surface area is 185 Å². The van der Waals surface area contributed by atoms with Gasteiger partial charge in [-0.3, -0.25) is 0 Å². The van der Waals surface area contributed by atoms with Gasteiger partial charge in [0, 0.05) is 18.0 Å². The molecule has 0 spiro atoms. The average Bonchev–Trinajstić information content (AvgIpc) is 2.64. The van der Waals surface area contributed by atoms with Crippen LogP contribution in [0.1, 0.15) is 54.9 Å². The van der Waals surface area contributed by atoms with Crippen LogP contribution in [-0.4, -0.2) is 31.1 Å². The number of hydrogen-bond acceptors (Lipinski definition) is 2. The lowest BCUT2D eigenvalue weighted by Crippen LogP contribution is -2.32. The van der Waals surface area contributed by atoms with Crippen LogP contribution in [0.3, 0.4) is 0 Å². The molecule has 2 nitrogen and oxygen atoms in total. The van der Waals surface area contributed by atoms with Gasteiger partial charge in [0.05, 0.1) is 13.2 Å². The minimum atomic E-state index is -0.554. The molecule has 1 unspecified atom stereocenters. The van der Waals surface area contributed by atoms with Gasteiger partial charge in [0.25, 0.3) is 0 Å². The summed E-state index contributed by atoms with van der Waals surface area (Å²) in [5.41, 5.74) is 3.76. The summed E-state index contributed by atoms with van der Waals surface area (Å²) < 4.78 is 33.7. The van der Waals surface area contributed by atoms with E-state index in [2.05, 4.69) is 50.8 Å². The Kier molecular flexibility index (Phi) is 11.6. The smallest absolute Gasteiger partial charge is 0.131 e. The van der Waals surface area contributed by atoms with Gasteiger partial charge < -0.3 is 9.64 Å². The normalized spacial score (nSPS) is 12.1. The molecule has 5 heteroatoms. The van der Waals surface area contributed by atoms with Crippen molar-refractivity contribution in [2.45, 2.75) is 53.1 Å². The SMILES string of the molecule is Br.CCCN(CCC)CC(COCc1c(F)cccc1F)c1c(C)cccc1C. The minimum Gasteiger partial charge on any atom is -0.376 e. The number of nitrogens with zero attached hydrogens (tertiary/aromatic N) is 1. The molecule has 2 aromatic rings. The van der Waals surface area contributed by atoms with Gasteiger partial charge in [-0.1, -0.05) is 38.1 Å². The van der Waals surface area contributed by atoms with Gasteiger partial charge in [-0.05, 0) is 68.6 Å². The Bertz CT molecular complexity index is 707. The fourth-order valence-electron chi connectivity index (χ4n) is 3.91. The maximum absolute atomic E-state index is 13.9. The predicted molar refractivity (Wildman–Crippen MR) is 122 cm³/mol. The molecule has 162 valence electrons. The van der Waals surface area contributed by atoms with Crippen molar-refractivity contribution in [1.29, 1.82) is 0 Å². The number of hydrogen-bond donors (Lipinski definition) is 0. The van der Waals surface area contributed by atoms with Gasteiger partial charge in [0.15, 0.2) is 0 Å². The Balaban J connectivity index is 0.00000420. The van der Waals surface area contributed by atoms with E-state index in [-0.39, 0.29) is 35.1 Å². The van der Waals surface area contributed by atoms with Gasteiger partial charge in [0.2, 0.25) is 0 Å². The zero-order valence-corrected chi connectivity index (χ0v) is 19.7. The Morgan fingerprint density at radius 1 is 0.897 bits per heavy atom. The highest BCUT2D eigenvalue weighted by Crippen LogP contribution is 2.26. The fraction of sp³-hybridized carbons (Fsp3) is 0.500. The molecule has 29 heavy (non-hydrogen) atoms. The molecule has 0 N–H and O–H groups in total. The van der Waals surface area contributed by atoms with E-state index in [9.17, 15) is 8.78 Å². The fourth-order valence-corrected chi connectivity index (χ4v) is 3.91. The summed E-state index contributed by atoms with van der Waals surface area (Å²) in [5.74, 6) is -0.946. The van der Waals surface area contributed by atoms with Crippen LogP contribution >= 0.6 is 17.0 Å². The molecule has 0 bridgehead atoms. The van der Waals surface area contributed by atoms with Crippen molar-refractivity contribution in [2.24, 2.45) is 0 Å². The maximum Gasteiger partial charge on any atom is 0.131 e. The van der Waals surface area contributed by atoms with Crippen molar-refractivity contribution in [3.63, 3.8) is 0 Å². The third-order valence-electron chi connectivity index (χ3n) is 5.14. The molecule has 0 aliphatic rings. The molecule has 2 aromatic carbocycles. The quantitative estimate of drug-likeness (QED) is 0.368.